The molecule has 1 saturated carbocycles. The maximum Gasteiger partial charge on any atom is 0.317 e. The van der Waals surface area contributed by atoms with E-state index in [1.165, 1.54) is 6.42 Å². The van der Waals surface area contributed by atoms with Crippen molar-refractivity contribution < 1.29 is 18.0 Å². The molecule has 1 aliphatic carbocycles. The van der Waals surface area contributed by atoms with Crippen LogP contribution in [-0.2, 0) is 14.8 Å². The van der Waals surface area contributed by atoms with Crippen molar-refractivity contribution in [1.29, 1.82) is 0 Å². The zero-order valence-corrected chi connectivity index (χ0v) is 23.6. The van der Waals surface area contributed by atoms with Crippen LogP contribution in [0.2, 0.25) is 0 Å². The molecule has 2 fully saturated rings. The number of carbonyl (C=O) groups is 2. The minimum atomic E-state index is -3.90. The van der Waals surface area contributed by atoms with Crippen molar-refractivity contribution >= 4 is 22.0 Å². The molecule has 3 rings (SSSR count). The number of hydrogen-bond donors (Lipinski definition) is 2. The number of hydrogen-bond acceptors (Lipinski definition) is 4. The molecule has 0 spiro atoms. The number of benzene rings is 1. The molecule has 2 aliphatic rings. The summed E-state index contributed by atoms with van der Waals surface area (Å²) in [5.74, 6) is -0.407. The van der Waals surface area contributed by atoms with Gasteiger partial charge in [-0.3, -0.25) is 4.79 Å². The van der Waals surface area contributed by atoms with Gasteiger partial charge in [0.25, 0.3) is 0 Å². The zero-order valence-electron chi connectivity index (χ0n) is 22.8. The van der Waals surface area contributed by atoms with Crippen molar-refractivity contribution in [3.05, 3.63) is 28.8 Å². The van der Waals surface area contributed by atoms with Crippen LogP contribution in [0.3, 0.4) is 0 Å². The number of nitrogens with zero attached hydrogens (tertiary/aromatic N) is 2. The predicted molar refractivity (Wildman–Crippen MR) is 142 cm³/mol. The van der Waals surface area contributed by atoms with E-state index in [2.05, 4.69) is 10.0 Å². The predicted octanol–water partition coefficient (Wildman–Crippen LogP) is 3.88. The molecule has 1 aliphatic heterocycles. The fourth-order valence-corrected chi connectivity index (χ4v) is 7.37. The Labute approximate surface area is 217 Å². The van der Waals surface area contributed by atoms with Gasteiger partial charge in [-0.25, -0.2) is 13.2 Å². The molecule has 1 aromatic rings. The Hall–Kier alpha value is -2.13. The van der Waals surface area contributed by atoms with Crippen LogP contribution in [-0.4, -0.2) is 67.9 Å². The van der Waals surface area contributed by atoms with E-state index in [1.807, 2.05) is 39.8 Å². The SMILES string of the molecule is CCC(C)C(NS(=O)(=O)c1c(C)cc(C)cc1C)C(=O)N1CCN(C(=O)NC2CCCCC2)C(C)C1. The summed E-state index contributed by atoms with van der Waals surface area (Å²) < 4.78 is 29.7. The first-order valence-electron chi connectivity index (χ1n) is 13.4. The second-order valence-electron chi connectivity index (χ2n) is 10.8. The van der Waals surface area contributed by atoms with Gasteiger partial charge in [-0.2, -0.15) is 4.72 Å². The Morgan fingerprint density at radius 1 is 1.06 bits per heavy atom. The molecule has 202 valence electrons. The number of amides is 3. The van der Waals surface area contributed by atoms with Gasteiger partial charge in [-0.1, -0.05) is 57.2 Å². The van der Waals surface area contributed by atoms with Gasteiger partial charge in [0.05, 0.1) is 4.90 Å². The lowest BCUT2D eigenvalue weighted by atomic mass is 9.95. The van der Waals surface area contributed by atoms with E-state index >= 15 is 0 Å². The molecule has 8 nitrogen and oxygen atoms in total. The van der Waals surface area contributed by atoms with Crippen LogP contribution in [0.15, 0.2) is 17.0 Å². The highest BCUT2D eigenvalue weighted by molar-refractivity contribution is 7.89. The van der Waals surface area contributed by atoms with E-state index in [1.54, 1.807) is 23.6 Å². The van der Waals surface area contributed by atoms with Gasteiger partial charge < -0.3 is 15.1 Å². The van der Waals surface area contributed by atoms with Crippen molar-refractivity contribution in [2.24, 2.45) is 5.92 Å². The summed E-state index contributed by atoms with van der Waals surface area (Å²) in [6, 6.07) is 2.85. The molecule has 3 unspecified atom stereocenters. The summed E-state index contributed by atoms with van der Waals surface area (Å²) in [6.07, 6.45) is 6.23. The summed E-state index contributed by atoms with van der Waals surface area (Å²) in [7, 11) is -3.90. The van der Waals surface area contributed by atoms with Gasteiger partial charge in [-0.15, -0.1) is 0 Å². The smallest absolute Gasteiger partial charge is 0.317 e. The lowest BCUT2D eigenvalue weighted by molar-refractivity contribution is -0.136. The highest BCUT2D eigenvalue weighted by Crippen LogP contribution is 2.24. The Bertz CT molecular complexity index is 1030. The lowest BCUT2D eigenvalue weighted by Crippen LogP contribution is -2.61. The van der Waals surface area contributed by atoms with Gasteiger partial charge in [0, 0.05) is 31.7 Å². The van der Waals surface area contributed by atoms with Crippen molar-refractivity contribution in [3.63, 3.8) is 0 Å². The molecule has 0 aromatic heterocycles. The fraction of sp³-hybridized carbons (Fsp3) is 0.704. The Morgan fingerprint density at radius 3 is 2.22 bits per heavy atom. The molecule has 9 heteroatoms. The molecular formula is C27H44N4O4S. The molecule has 3 atom stereocenters. The fourth-order valence-electron chi connectivity index (χ4n) is 5.62. The van der Waals surface area contributed by atoms with Crippen LogP contribution in [0.1, 0.15) is 76.0 Å². The lowest BCUT2D eigenvalue weighted by Gasteiger charge is -2.42. The third-order valence-electron chi connectivity index (χ3n) is 7.77. The normalized spacial score (nSPS) is 21.2. The average Bonchev–Trinajstić information content (AvgIpc) is 2.81. The van der Waals surface area contributed by atoms with Crippen LogP contribution in [0.25, 0.3) is 0 Å². The Balaban J connectivity index is 1.71. The molecular weight excluding hydrogens is 476 g/mol. The van der Waals surface area contributed by atoms with Gasteiger partial charge in [-0.05, 0) is 57.6 Å². The standard InChI is InChI=1S/C27H44N4O4S/c1-7-19(3)24(29-36(34,35)25-20(4)15-18(2)16-21(25)5)26(32)30-13-14-31(22(6)17-30)27(33)28-23-11-9-8-10-12-23/h15-16,19,22-24,29H,7-14,17H2,1-6H3,(H,28,33). The van der Waals surface area contributed by atoms with Crippen LogP contribution >= 0.6 is 0 Å². The largest absolute Gasteiger partial charge is 0.337 e. The quantitative estimate of drug-likeness (QED) is 0.570. The molecule has 2 N–H and O–H groups in total. The summed E-state index contributed by atoms with van der Waals surface area (Å²) in [5.41, 5.74) is 2.33. The van der Waals surface area contributed by atoms with Crippen LogP contribution < -0.4 is 10.0 Å². The topological polar surface area (TPSA) is 98.8 Å². The number of piperazine rings is 1. The van der Waals surface area contributed by atoms with Crippen molar-refractivity contribution in [3.8, 4) is 0 Å². The number of urea groups is 1. The van der Waals surface area contributed by atoms with Crippen molar-refractivity contribution in [1.82, 2.24) is 19.8 Å². The molecule has 1 aromatic carbocycles. The third kappa shape index (κ3) is 6.59. The maximum atomic E-state index is 13.7. The van der Waals surface area contributed by atoms with Crippen LogP contribution in [0, 0.1) is 26.7 Å². The minimum Gasteiger partial charge on any atom is -0.337 e. The number of rotatable bonds is 7. The molecule has 3 amide bonds. The highest BCUT2D eigenvalue weighted by Gasteiger charge is 2.37. The second kappa shape index (κ2) is 11.9. The maximum absolute atomic E-state index is 13.7. The first-order valence-corrected chi connectivity index (χ1v) is 14.9. The van der Waals surface area contributed by atoms with E-state index in [4.69, 9.17) is 0 Å². The van der Waals surface area contributed by atoms with Gasteiger partial charge in [0.1, 0.15) is 6.04 Å². The van der Waals surface area contributed by atoms with Crippen LogP contribution in [0.4, 0.5) is 4.79 Å². The Morgan fingerprint density at radius 2 is 1.67 bits per heavy atom. The van der Waals surface area contributed by atoms with E-state index in [0.717, 1.165) is 31.2 Å². The number of sulfonamides is 1. The zero-order chi connectivity index (χ0) is 26.6. The minimum absolute atomic E-state index is 0.0639. The van der Waals surface area contributed by atoms with E-state index < -0.39 is 16.1 Å². The van der Waals surface area contributed by atoms with E-state index in [0.29, 0.717) is 37.2 Å². The summed E-state index contributed by atoms with van der Waals surface area (Å²) in [6.45, 7) is 12.5. The first kappa shape index (κ1) is 28.4. The van der Waals surface area contributed by atoms with Gasteiger partial charge in [0.15, 0.2) is 0 Å². The summed E-state index contributed by atoms with van der Waals surface area (Å²) in [4.78, 5) is 30.3. The summed E-state index contributed by atoms with van der Waals surface area (Å²) >= 11 is 0. The van der Waals surface area contributed by atoms with Crippen molar-refractivity contribution in [2.75, 3.05) is 19.6 Å². The molecule has 36 heavy (non-hydrogen) atoms. The third-order valence-corrected chi connectivity index (χ3v) is 9.51. The highest BCUT2D eigenvalue weighted by atomic mass is 32.2. The average molecular weight is 521 g/mol. The molecule has 0 radical (unpaired) electrons. The van der Waals surface area contributed by atoms with Crippen molar-refractivity contribution in [2.45, 2.75) is 103 Å². The van der Waals surface area contributed by atoms with E-state index in [9.17, 15) is 18.0 Å². The molecule has 1 heterocycles. The number of aryl methyl sites for hydroxylation is 3. The molecule has 0 bridgehead atoms. The summed E-state index contributed by atoms with van der Waals surface area (Å²) in [5, 5.41) is 3.17. The number of carbonyl (C=O) groups excluding carboxylic acids is 2. The monoisotopic (exact) mass is 520 g/mol. The van der Waals surface area contributed by atoms with E-state index in [-0.39, 0.29) is 34.8 Å². The second-order valence-corrected chi connectivity index (χ2v) is 12.5. The first-order chi connectivity index (χ1) is 16.9. The molecule has 1 saturated heterocycles. The number of nitrogens with one attached hydrogen (secondary N) is 2. The van der Waals surface area contributed by atoms with Gasteiger partial charge in [0.2, 0.25) is 15.9 Å². The Kier molecular flexibility index (Phi) is 9.44. The van der Waals surface area contributed by atoms with Crippen LogP contribution in [0.5, 0.6) is 0 Å². The van der Waals surface area contributed by atoms with Gasteiger partial charge >= 0.3 is 6.03 Å².